The van der Waals surface area contributed by atoms with Gasteiger partial charge in [-0.3, -0.25) is 9.59 Å². The lowest BCUT2D eigenvalue weighted by atomic mass is 10.3. The van der Waals surface area contributed by atoms with Crippen LogP contribution in [-0.4, -0.2) is 48.1 Å². The third-order valence-electron chi connectivity index (χ3n) is 1.37. The smallest absolute Gasteiger partial charge is 0.309 e. The van der Waals surface area contributed by atoms with Gasteiger partial charge in [-0.2, -0.15) is 0 Å². The number of nitrogens with one attached hydrogen (secondary N) is 2. The Bertz CT molecular complexity index is 314. The monoisotopic (exact) mass is 232 g/mol. The Morgan fingerprint density at radius 2 is 1.69 bits per heavy atom. The largest absolute Gasteiger partial charge is 0.548 e. The Hall–Kier alpha value is -2.16. The third kappa shape index (κ3) is 4.91. The number of rotatable bonds is 5. The van der Waals surface area contributed by atoms with Crippen molar-refractivity contribution in [3.8, 4) is 0 Å². The van der Waals surface area contributed by atoms with Crippen molar-refractivity contribution >= 4 is 23.8 Å². The summed E-state index contributed by atoms with van der Waals surface area (Å²) in [4.78, 5) is 41.8. The van der Waals surface area contributed by atoms with E-state index in [0.29, 0.717) is 0 Å². The number of amides is 2. The van der Waals surface area contributed by atoms with Crippen molar-refractivity contribution in [1.82, 2.24) is 10.6 Å². The Labute approximate surface area is 89.1 Å². The molecule has 2 amide bonds. The third-order valence-corrected chi connectivity index (χ3v) is 1.37. The summed E-state index contributed by atoms with van der Waals surface area (Å²) in [6, 6.07) is -1.73. The van der Waals surface area contributed by atoms with Crippen LogP contribution in [-0.2, 0) is 19.2 Å². The van der Waals surface area contributed by atoms with E-state index in [1.165, 1.54) is 0 Å². The van der Waals surface area contributed by atoms with Crippen LogP contribution < -0.4 is 20.8 Å². The molecule has 3 N–H and O–H groups in total. The highest BCUT2D eigenvalue weighted by Crippen LogP contribution is 1.80. The summed E-state index contributed by atoms with van der Waals surface area (Å²) >= 11 is 0. The summed E-state index contributed by atoms with van der Waals surface area (Å²) < 4.78 is 0. The second-order valence-corrected chi connectivity index (χ2v) is 2.58. The van der Waals surface area contributed by atoms with Gasteiger partial charge < -0.3 is 35.5 Å². The van der Waals surface area contributed by atoms with Crippen LogP contribution in [0.2, 0.25) is 0 Å². The minimum Gasteiger partial charge on any atom is -0.548 e. The lowest BCUT2D eigenvalue weighted by molar-refractivity contribution is -0.309. The van der Waals surface area contributed by atoms with Crippen LogP contribution in [0.1, 0.15) is 0 Å². The minimum absolute atomic E-state index is 0.888. The van der Waals surface area contributed by atoms with Gasteiger partial charge in [-0.1, -0.05) is 0 Å². The lowest BCUT2D eigenvalue weighted by Gasteiger charge is -2.16. The number of hydrogen-bond acceptors (Lipinski definition) is 7. The maximum Gasteiger partial charge on any atom is 0.309 e. The van der Waals surface area contributed by atoms with Crippen LogP contribution in [0.4, 0.5) is 0 Å². The molecule has 0 spiro atoms. The SMILES string of the molecule is O=C([O-])CNC(=O)C(=O)N[C@@H](CO)C(=O)[O-]. The van der Waals surface area contributed by atoms with Gasteiger partial charge in [0.05, 0.1) is 31.1 Å². The zero-order valence-electron chi connectivity index (χ0n) is 7.89. The van der Waals surface area contributed by atoms with E-state index in [1.54, 1.807) is 10.6 Å². The highest BCUT2D eigenvalue weighted by Gasteiger charge is 2.18. The summed E-state index contributed by atoms with van der Waals surface area (Å²) in [5.41, 5.74) is 0. The first kappa shape index (κ1) is 13.8. The highest BCUT2D eigenvalue weighted by atomic mass is 16.4. The van der Waals surface area contributed by atoms with E-state index in [9.17, 15) is 29.4 Å². The minimum atomic E-state index is -1.77. The number of aliphatic hydroxyl groups excluding tert-OH is 1. The predicted octanol–water partition coefficient (Wildman–Crippen LogP) is -5.92. The van der Waals surface area contributed by atoms with Crippen LogP contribution in [0.25, 0.3) is 0 Å². The summed E-state index contributed by atoms with van der Waals surface area (Å²) in [5, 5.41) is 31.9. The first-order chi connectivity index (χ1) is 7.38. The second-order valence-electron chi connectivity index (χ2n) is 2.58. The van der Waals surface area contributed by atoms with Crippen LogP contribution in [0, 0.1) is 0 Å². The number of aliphatic carboxylic acids is 2. The maximum atomic E-state index is 10.9. The number of carboxylic acid groups (broad SMARTS) is 2. The molecule has 0 rings (SSSR count). The average molecular weight is 232 g/mol. The van der Waals surface area contributed by atoms with Gasteiger partial charge in [0.1, 0.15) is 0 Å². The van der Waals surface area contributed by atoms with Gasteiger partial charge in [0.2, 0.25) is 0 Å². The molecule has 0 heterocycles. The Balaban J connectivity index is 4.18. The van der Waals surface area contributed by atoms with Gasteiger partial charge >= 0.3 is 11.8 Å². The van der Waals surface area contributed by atoms with Crippen molar-refractivity contribution in [2.45, 2.75) is 6.04 Å². The van der Waals surface area contributed by atoms with E-state index in [1.807, 2.05) is 0 Å². The van der Waals surface area contributed by atoms with Crippen molar-refractivity contribution < 1.29 is 34.5 Å². The molecule has 16 heavy (non-hydrogen) atoms. The highest BCUT2D eigenvalue weighted by molar-refractivity contribution is 6.35. The normalized spacial score (nSPS) is 11.3. The summed E-state index contributed by atoms with van der Waals surface area (Å²) in [5.74, 6) is -6.14. The van der Waals surface area contributed by atoms with Crippen LogP contribution in [0.3, 0.4) is 0 Å². The van der Waals surface area contributed by atoms with Gasteiger partial charge in [-0.05, 0) is 0 Å². The topological polar surface area (TPSA) is 159 Å². The first-order valence-electron chi connectivity index (χ1n) is 3.98. The van der Waals surface area contributed by atoms with Crippen molar-refractivity contribution in [1.29, 1.82) is 0 Å². The van der Waals surface area contributed by atoms with E-state index in [2.05, 4.69) is 0 Å². The molecule has 0 aliphatic heterocycles. The Kier molecular flexibility index (Phi) is 5.49. The quantitative estimate of drug-likeness (QED) is 0.398. The number of hydrogen-bond donors (Lipinski definition) is 3. The van der Waals surface area contributed by atoms with Crippen molar-refractivity contribution in [2.24, 2.45) is 0 Å². The van der Waals surface area contributed by atoms with Gasteiger partial charge in [0.25, 0.3) is 0 Å². The zero-order valence-corrected chi connectivity index (χ0v) is 7.89. The van der Waals surface area contributed by atoms with E-state index < -0.39 is 42.9 Å². The molecule has 0 aromatic heterocycles. The van der Waals surface area contributed by atoms with E-state index >= 15 is 0 Å². The van der Waals surface area contributed by atoms with E-state index in [4.69, 9.17) is 5.11 Å². The van der Waals surface area contributed by atoms with Gasteiger partial charge in [0, 0.05) is 0 Å². The van der Waals surface area contributed by atoms with Gasteiger partial charge in [-0.25, -0.2) is 0 Å². The standard InChI is InChI=1S/C7H10N2O7/c10-2-3(7(15)16)9-6(14)5(13)8-1-4(11)12/h3,10H,1-2H2,(H,8,13)(H,9,14)(H,11,12)(H,15,16)/p-2/t3-/m0/s1. The molecule has 9 nitrogen and oxygen atoms in total. The molecule has 90 valence electrons. The zero-order chi connectivity index (χ0) is 12.7. The number of carbonyl (C=O) groups is 4. The van der Waals surface area contributed by atoms with Crippen molar-refractivity contribution in [3.05, 3.63) is 0 Å². The first-order valence-corrected chi connectivity index (χ1v) is 3.98. The summed E-state index contributed by atoms with van der Waals surface area (Å²) in [6.07, 6.45) is 0. The predicted molar refractivity (Wildman–Crippen MR) is 42.0 cm³/mol. The molecule has 0 aromatic carbocycles. The molecular weight excluding hydrogens is 224 g/mol. The molecule has 0 aromatic rings. The molecule has 0 radical (unpaired) electrons. The van der Waals surface area contributed by atoms with Crippen LogP contribution in [0.15, 0.2) is 0 Å². The molecule has 9 heteroatoms. The second kappa shape index (κ2) is 6.35. The van der Waals surface area contributed by atoms with Gasteiger partial charge in [-0.15, -0.1) is 0 Å². The number of aliphatic hydroxyl groups is 1. The molecule has 0 saturated heterocycles. The van der Waals surface area contributed by atoms with E-state index in [0.717, 1.165) is 0 Å². The molecule has 0 fully saturated rings. The average Bonchev–Trinajstić information content (AvgIpc) is 2.21. The molecule has 0 saturated carbocycles. The Morgan fingerprint density at radius 3 is 2.06 bits per heavy atom. The van der Waals surface area contributed by atoms with E-state index in [-0.39, 0.29) is 0 Å². The molecular formula is C7H8N2O7-2. The number of carboxylic acids is 2. The molecule has 0 bridgehead atoms. The maximum absolute atomic E-state index is 10.9. The molecule has 0 aliphatic rings. The molecule has 0 unspecified atom stereocenters. The van der Waals surface area contributed by atoms with Crippen molar-refractivity contribution in [2.75, 3.05) is 13.2 Å². The lowest BCUT2D eigenvalue weighted by Crippen LogP contribution is -2.54. The number of carbonyl (C=O) groups excluding carboxylic acids is 4. The Morgan fingerprint density at radius 1 is 1.12 bits per heavy atom. The molecule has 1 atom stereocenters. The van der Waals surface area contributed by atoms with Gasteiger partial charge in [0.15, 0.2) is 0 Å². The molecule has 0 aliphatic carbocycles. The summed E-state index contributed by atoms with van der Waals surface area (Å²) in [6.45, 7) is -1.84. The fourth-order valence-corrected chi connectivity index (χ4v) is 0.636. The fourth-order valence-electron chi connectivity index (χ4n) is 0.636. The van der Waals surface area contributed by atoms with Crippen LogP contribution >= 0.6 is 0 Å². The van der Waals surface area contributed by atoms with Crippen LogP contribution in [0.5, 0.6) is 0 Å². The summed E-state index contributed by atoms with van der Waals surface area (Å²) in [7, 11) is 0. The van der Waals surface area contributed by atoms with Crippen molar-refractivity contribution in [3.63, 3.8) is 0 Å². The fraction of sp³-hybridized carbons (Fsp3) is 0.429.